The van der Waals surface area contributed by atoms with Crippen molar-refractivity contribution in [1.29, 1.82) is 0 Å². The van der Waals surface area contributed by atoms with Crippen LogP contribution in [0.15, 0.2) is 20.8 Å². The van der Waals surface area contributed by atoms with Gasteiger partial charge in [-0.1, -0.05) is 43.6 Å². The van der Waals surface area contributed by atoms with Crippen LogP contribution in [0.5, 0.6) is 0 Å². The normalized spacial score (nSPS) is 22.2. The molecule has 2 rings (SSSR count). The van der Waals surface area contributed by atoms with Crippen LogP contribution in [0.4, 0.5) is 9.59 Å². The maximum atomic E-state index is 14.2. The van der Waals surface area contributed by atoms with Crippen LogP contribution in [0.2, 0.25) is 0 Å². The highest BCUT2D eigenvalue weighted by atomic mass is 79.9. The summed E-state index contributed by atoms with van der Waals surface area (Å²) in [6, 6.07) is -2.75. The van der Waals surface area contributed by atoms with Crippen LogP contribution in [-0.4, -0.2) is 84.6 Å². The smallest absolute Gasteiger partial charge is 0.408 e. The Morgan fingerprint density at radius 1 is 1.00 bits per heavy atom. The molecule has 0 aliphatic carbocycles. The number of carbonyl (C=O) groups is 4. The van der Waals surface area contributed by atoms with Crippen LogP contribution in [0.3, 0.4) is 0 Å². The molecule has 2 heterocycles. The van der Waals surface area contributed by atoms with Gasteiger partial charge in [0.2, 0.25) is 0 Å². The number of ketones is 2. The van der Waals surface area contributed by atoms with Crippen LogP contribution in [0, 0.1) is 11.8 Å². The summed E-state index contributed by atoms with van der Waals surface area (Å²) in [7, 11) is 0. The summed E-state index contributed by atoms with van der Waals surface area (Å²) in [4.78, 5) is 81.9. The Morgan fingerprint density at radius 3 is 1.94 bits per heavy atom. The first-order chi connectivity index (χ1) is 21.4. The lowest BCUT2D eigenvalue weighted by Gasteiger charge is -2.35. The lowest BCUT2D eigenvalue weighted by molar-refractivity contribution is -0.164. The molecule has 1 unspecified atom stereocenters. The van der Waals surface area contributed by atoms with Gasteiger partial charge in [-0.3, -0.25) is 23.9 Å². The van der Waals surface area contributed by atoms with Gasteiger partial charge in [-0.05, 0) is 64.4 Å². The van der Waals surface area contributed by atoms with Crippen molar-refractivity contribution < 1.29 is 43.6 Å². The summed E-state index contributed by atoms with van der Waals surface area (Å²) in [5, 5.41) is 28.5. The number of H-pyrrole nitrogens is 1. The van der Waals surface area contributed by atoms with Crippen LogP contribution in [0.25, 0.3) is 6.08 Å². The fourth-order valence-electron chi connectivity index (χ4n) is 4.93. The fraction of sp³-hybridized carbons (Fsp3) is 0.677. The largest absolute Gasteiger partial charge is 0.444 e. The maximum Gasteiger partial charge on any atom is 0.408 e. The molecule has 0 bridgehead atoms. The van der Waals surface area contributed by atoms with Gasteiger partial charge in [0.25, 0.3) is 5.56 Å². The summed E-state index contributed by atoms with van der Waals surface area (Å²) in [5.74, 6) is -3.27. The molecule has 264 valence electrons. The van der Waals surface area contributed by atoms with Crippen LogP contribution >= 0.6 is 15.9 Å². The van der Waals surface area contributed by atoms with E-state index in [4.69, 9.17) is 14.2 Å². The summed E-state index contributed by atoms with van der Waals surface area (Å²) < 4.78 is 17.4. The minimum atomic E-state index is -2.68. The average molecular weight is 732 g/mol. The van der Waals surface area contributed by atoms with Crippen molar-refractivity contribution >= 4 is 45.8 Å². The molecule has 5 N–H and O–H groups in total. The number of aromatic amines is 1. The Bertz CT molecular complexity index is 1470. The molecule has 1 aliphatic rings. The lowest BCUT2D eigenvalue weighted by atomic mass is 9.79. The molecule has 0 saturated carbocycles. The van der Waals surface area contributed by atoms with Gasteiger partial charge in [0.05, 0.1) is 17.6 Å². The first-order valence-electron chi connectivity index (χ1n) is 15.2. The molecule has 2 amide bonds. The highest BCUT2D eigenvalue weighted by Crippen LogP contribution is 2.40. The molecule has 15 nitrogen and oxygen atoms in total. The highest BCUT2D eigenvalue weighted by Gasteiger charge is 2.60. The quantitative estimate of drug-likeness (QED) is 0.223. The molecule has 1 fully saturated rings. The monoisotopic (exact) mass is 730 g/mol. The van der Waals surface area contributed by atoms with Crippen molar-refractivity contribution in [3.63, 3.8) is 0 Å². The van der Waals surface area contributed by atoms with E-state index in [0.29, 0.717) is 0 Å². The number of halogens is 1. The zero-order valence-electron chi connectivity index (χ0n) is 28.4. The van der Waals surface area contributed by atoms with Gasteiger partial charge >= 0.3 is 17.9 Å². The number of amides is 2. The molecular weight excluding hydrogens is 684 g/mol. The Kier molecular flexibility index (Phi) is 12.9. The zero-order valence-corrected chi connectivity index (χ0v) is 30.0. The zero-order chi connectivity index (χ0) is 36.2. The van der Waals surface area contributed by atoms with E-state index in [1.165, 1.54) is 11.1 Å². The number of alkyl carbamates (subject to hydrolysis) is 2. The highest BCUT2D eigenvalue weighted by molar-refractivity contribution is 9.11. The van der Waals surface area contributed by atoms with Gasteiger partial charge in [-0.2, -0.15) is 0 Å². The third kappa shape index (κ3) is 10.3. The third-order valence-corrected chi connectivity index (χ3v) is 7.34. The molecule has 1 aromatic heterocycles. The van der Waals surface area contributed by atoms with E-state index in [9.17, 15) is 39.0 Å². The van der Waals surface area contributed by atoms with Crippen molar-refractivity contribution in [1.82, 2.24) is 20.2 Å². The van der Waals surface area contributed by atoms with Crippen molar-refractivity contribution in [2.75, 3.05) is 0 Å². The van der Waals surface area contributed by atoms with E-state index in [2.05, 4.69) is 31.5 Å². The van der Waals surface area contributed by atoms with Crippen LogP contribution in [-0.2, 0) is 23.8 Å². The number of ether oxygens (including phenoxy) is 3. The minimum Gasteiger partial charge on any atom is -0.444 e. The number of nitrogens with zero attached hydrogens (tertiary/aromatic N) is 1. The molecule has 0 spiro atoms. The van der Waals surface area contributed by atoms with Gasteiger partial charge in [-0.25, -0.2) is 14.4 Å². The van der Waals surface area contributed by atoms with Crippen molar-refractivity contribution in [3.05, 3.63) is 37.6 Å². The minimum absolute atomic E-state index is 0.00750. The first kappa shape index (κ1) is 39.8. The van der Waals surface area contributed by atoms with E-state index in [-0.39, 0.29) is 5.56 Å². The van der Waals surface area contributed by atoms with E-state index in [0.717, 1.165) is 10.8 Å². The van der Waals surface area contributed by atoms with Gasteiger partial charge in [0, 0.05) is 12.6 Å². The van der Waals surface area contributed by atoms with Crippen molar-refractivity contribution in [2.45, 2.75) is 123 Å². The number of nitrogens with one attached hydrogen (secondary N) is 3. The van der Waals surface area contributed by atoms with Gasteiger partial charge in [-0.15, -0.1) is 0 Å². The summed E-state index contributed by atoms with van der Waals surface area (Å²) >= 11 is 3.06. The fourth-order valence-corrected chi connectivity index (χ4v) is 5.21. The van der Waals surface area contributed by atoms with Crippen LogP contribution < -0.4 is 21.9 Å². The maximum absolute atomic E-state index is 14.2. The molecule has 0 radical (unpaired) electrons. The molecular formula is C31H47BrN4O11. The Labute approximate surface area is 281 Å². The molecule has 6 atom stereocenters. The second-order valence-corrected chi connectivity index (χ2v) is 14.7. The summed E-state index contributed by atoms with van der Waals surface area (Å²) in [6.45, 7) is 16.1. The van der Waals surface area contributed by atoms with E-state index >= 15 is 0 Å². The average Bonchev–Trinajstić information content (AvgIpc) is 3.26. The lowest BCUT2D eigenvalue weighted by Crippen LogP contribution is -2.62. The number of hydrogen-bond acceptors (Lipinski definition) is 11. The molecule has 47 heavy (non-hydrogen) atoms. The standard InChI is InChI=1S/C31H47BrN4O11/c1-15(2)19(33-27(42)46-29(5,6)7)21(37)22(38)24-31(44,23(39)20(16(3)4)34-28(43)47-30(8,9)10)13-18(45-24)36-14-17(11-12-32)25(40)35-26(36)41/h11-12,14-16,18-20,22,24,38,44H,13H2,1-10H3,(H,33,42)(H,34,43)(H,35,40,41)/t18-,19+,20+,22?,24-,31-/m1/s1. The molecule has 0 aromatic carbocycles. The topological polar surface area (TPSA) is 215 Å². The third-order valence-electron chi connectivity index (χ3n) is 7.08. The Hall–Kier alpha value is -3.34. The number of Topliss-reactive ketones (excluding diaryl/α,β-unsaturated/α-hetero) is 2. The number of aromatic nitrogens is 2. The second kappa shape index (κ2) is 15.3. The molecule has 16 heteroatoms. The van der Waals surface area contributed by atoms with Gasteiger partial charge in [0.1, 0.15) is 29.6 Å². The summed E-state index contributed by atoms with van der Waals surface area (Å²) in [5.41, 5.74) is -6.18. The Morgan fingerprint density at radius 2 is 1.49 bits per heavy atom. The van der Waals surface area contributed by atoms with Gasteiger partial charge in [0.15, 0.2) is 17.2 Å². The molecule has 1 aliphatic heterocycles. The number of aliphatic hydroxyl groups excluding tert-OH is 1. The number of aliphatic hydroxyl groups is 2. The van der Waals surface area contributed by atoms with Gasteiger partial charge < -0.3 is 35.1 Å². The molecule has 1 aromatic rings. The van der Waals surface area contributed by atoms with E-state index in [1.54, 1.807) is 69.2 Å². The SMILES string of the molecule is CC(C)[C@H](NC(=O)OC(C)(C)C)C(=O)C(O)[C@H]1O[C@@H](n2cc(C=CBr)c(=O)[nH]c2=O)C[C@@]1(O)C(=O)[C@@H](NC(=O)OC(C)(C)C)C(C)C. The van der Waals surface area contributed by atoms with Crippen molar-refractivity contribution in [2.24, 2.45) is 11.8 Å². The van der Waals surface area contributed by atoms with Crippen molar-refractivity contribution in [3.8, 4) is 0 Å². The van der Waals surface area contributed by atoms with E-state index in [1.807, 2.05) is 0 Å². The first-order valence-corrected chi connectivity index (χ1v) is 16.1. The number of carbonyl (C=O) groups excluding carboxylic acids is 4. The molecule has 1 saturated heterocycles. The predicted molar refractivity (Wildman–Crippen MR) is 175 cm³/mol. The van der Waals surface area contributed by atoms with E-state index < -0.39 is 101 Å². The second-order valence-electron chi connectivity index (χ2n) is 14.1. The number of hydrogen-bond donors (Lipinski definition) is 5. The number of rotatable bonds is 11. The summed E-state index contributed by atoms with van der Waals surface area (Å²) in [6.07, 6.45) is -5.81. The predicted octanol–water partition coefficient (Wildman–Crippen LogP) is 2.52. The van der Waals surface area contributed by atoms with Crippen LogP contribution in [0.1, 0.15) is 87.4 Å². The Balaban J connectivity index is 2.64.